The summed E-state index contributed by atoms with van der Waals surface area (Å²) in [7, 11) is 0. The van der Waals surface area contributed by atoms with Gasteiger partial charge in [0.25, 0.3) is 0 Å². The average Bonchev–Trinajstić information content (AvgIpc) is 2.92. The van der Waals surface area contributed by atoms with Crippen LogP contribution in [-0.4, -0.2) is 94.6 Å². The summed E-state index contributed by atoms with van der Waals surface area (Å²) in [6.07, 6.45) is 0.708. The van der Waals surface area contributed by atoms with Crippen LogP contribution in [0.15, 0.2) is 0 Å². The van der Waals surface area contributed by atoms with E-state index in [1.54, 1.807) is 0 Å². The van der Waals surface area contributed by atoms with Gasteiger partial charge in [0.15, 0.2) is 6.04 Å². The molecule has 0 radical (unpaired) electrons. The second-order valence-electron chi connectivity index (χ2n) is 13.3. The van der Waals surface area contributed by atoms with Crippen LogP contribution in [0.1, 0.15) is 93.9 Å². The zero-order valence-corrected chi connectivity index (χ0v) is 28.7. The first kappa shape index (κ1) is 42.7. The number of nitrogens with one attached hydrogen (secondary N) is 5. The molecule has 0 fully saturated rings. The van der Waals surface area contributed by atoms with Gasteiger partial charge in [-0.25, -0.2) is 4.79 Å². The maximum atomic E-state index is 13.5. The summed E-state index contributed by atoms with van der Waals surface area (Å²) in [5.74, 6) is -4.58. The number of hydrogen-bond donors (Lipinski definition) is 9. The van der Waals surface area contributed by atoms with Crippen LogP contribution in [0.4, 0.5) is 0 Å². The molecule has 266 valence electrons. The Hall–Kier alpha value is -3.30. The zero-order chi connectivity index (χ0) is 35.7. The molecule has 46 heavy (non-hydrogen) atoms. The van der Waals surface area contributed by atoms with Gasteiger partial charge in [-0.15, -0.1) is 0 Å². The van der Waals surface area contributed by atoms with Crippen molar-refractivity contribution in [1.82, 2.24) is 26.6 Å². The van der Waals surface area contributed by atoms with Gasteiger partial charge in [-0.05, 0) is 76.7 Å². The molecule has 0 aromatic heterocycles. The number of unbranched alkanes of at least 4 members (excludes halogenated alkanes) is 1. The number of carbonyl (C=O) groups excluding carboxylic acids is 5. The first-order valence-electron chi connectivity index (χ1n) is 16.2. The molecule has 0 heterocycles. The lowest BCUT2D eigenvalue weighted by atomic mass is 9.99. The number of aliphatic hydroxyl groups is 1. The second kappa shape index (κ2) is 21.5. The molecule has 0 rings (SSSR count). The maximum absolute atomic E-state index is 13.5. The highest BCUT2D eigenvalue weighted by molar-refractivity contribution is 5.96. The van der Waals surface area contributed by atoms with E-state index >= 15 is 0 Å². The third kappa shape index (κ3) is 16.9. The summed E-state index contributed by atoms with van der Waals surface area (Å²) in [5.41, 5.74) is 11.6. The van der Waals surface area contributed by atoms with E-state index in [0.29, 0.717) is 25.8 Å². The highest BCUT2D eigenvalue weighted by Crippen LogP contribution is 2.11. The van der Waals surface area contributed by atoms with Crippen molar-refractivity contribution in [2.24, 2.45) is 29.2 Å². The Kier molecular flexibility index (Phi) is 19.9. The molecule has 0 aliphatic rings. The molecule has 0 aliphatic heterocycles. The lowest BCUT2D eigenvalue weighted by Gasteiger charge is -2.28. The Balaban J connectivity index is 5.91. The third-order valence-corrected chi connectivity index (χ3v) is 7.12. The molecule has 15 nitrogen and oxygen atoms in total. The number of amides is 5. The summed E-state index contributed by atoms with van der Waals surface area (Å²) in [6, 6.07) is -6.66. The van der Waals surface area contributed by atoms with Gasteiger partial charge in [-0.3, -0.25) is 24.0 Å². The highest BCUT2D eigenvalue weighted by Gasteiger charge is 2.33. The highest BCUT2D eigenvalue weighted by atomic mass is 16.4. The summed E-state index contributed by atoms with van der Waals surface area (Å²) in [4.78, 5) is 77.0. The number of carbonyl (C=O) groups is 6. The van der Waals surface area contributed by atoms with Gasteiger partial charge >= 0.3 is 5.97 Å². The molecular formula is C31H59N7O8. The summed E-state index contributed by atoms with van der Waals surface area (Å²) in [6.45, 7) is 14.3. The number of aliphatic carboxylic acids is 1. The first-order valence-corrected chi connectivity index (χ1v) is 16.2. The van der Waals surface area contributed by atoms with E-state index in [4.69, 9.17) is 11.5 Å². The van der Waals surface area contributed by atoms with Crippen molar-refractivity contribution in [2.75, 3.05) is 6.54 Å². The first-order chi connectivity index (χ1) is 21.3. The van der Waals surface area contributed by atoms with Crippen molar-refractivity contribution in [1.29, 1.82) is 0 Å². The summed E-state index contributed by atoms with van der Waals surface area (Å²) in [5, 5.41) is 32.0. The molecule has 0 aromatic carbocycles. The topological polar surface area (TPSA) is 255 Å². The predicted octanol–water partition coefficient (Wildman–Crippen LogP) is -0.510. The van der Waals surface area contributed by atoms with Gasteiger partial charge in [0.2, 0.25) is 29.5 Å². The second-order valence-corrected chi connectivity index (χ2v) is 13.3. The summed E-state index contributed by atoms with van der Waals surface area (Å²) >= 11 is 0. The van der Waals surface area contributed by atoms with Crippen molar-refractivity contribution in [3.63, 3.8) is 0 Å². The number of carboxylic acid groups (broad SMARTS) is 1. The van der Waals surface area contributed by atoms with Gasteiger partial charge < -0.3 is 48.3 Å². The Labute approximate surface area is 273 Å². The van der Waals surface area contributed by atoms with Crippen molar-refractivity contribution in [3.05, 3.63) is 0 Å². The van der Waals surface area contributed by atoms with Gasteiger partial charge in [0.1, 0.15) is 24.2 Å². The van der Waals surface area contributed by atoms with Crippen LogP contribution in [-0.2, 0) is 28.8 Å². The van der Waals surface area contributed by atoms with E-state index in [1.807, 2.05) is 41.5 Å². The van der Waals surface area contributed by atoms with E-state index in [1.165, 1.54) is 13.8 Å². The molecule has 0 aliphatic carbocycles. The van der Waals surface area contributed by atoms with Crippen LogP contribution in [0.2, 0.25) is 0 Å². The molecule has 5 amide bonds. The lowest BCUT2D eigenvalue weighted by molar-refractivity contribution is -0.145. The normalized spacial score (nSPS) is 16.0. The van der Waals surface area contributed by atoms with Gasteiger partial charge in [-0.2, -0.15) is 0 Å². The van der Waals surface area contributed by atoms with Crippen LogP contribution in [0.25, 0.3) is 0 Å². The SMILES string of the molecule is CC(C)C[C@H](NC(=O)[C@H](CCCCN)NC(=O)[C@H](C)NC(=O)[C@@H](N)CC(C)C)C(=O)N[C@@H](CC(C)C)C(=O)N[C@H](C(=O)O)[C@@H](C)O. The fraction of sp³-hybridized carbons (Fsp3) is 0.806. The molecular weight excluding hydrogens is 598 g/mol. The Morgan fingerprint density at radius 3 is 1.43 bits per heavy atom. The van der Waals surface area contributed by atoms with E-state index in [2.05, 4.69) is 26.6 Å². The quantitative estimate of drug-likeness (QED) is 0.0674. The minimum atomic E-state index is -1.58. The Bertz CT molecular complexity index is 1010. The van der Waals surface area contributed by atoms with E-state index in [9.17, 15) is 39.0 Å². The number of aliphatic hydroxyl groups excluding tert-OH is 1. The molecule has 0 saturated carbocycles. The zero-order valence-electron chi connectivity index (χ0n) is 28.7. The predicted molar refractivity (Wildman–Crippen MR) is 174 cm³/mol. The molecule has 0 spiro atoms. The number of rotatable bonds is 22. The molecule has 15 heteroatoms. The van der Waals surface area contributed by atoms with E-state index < -0.39 is 77.9 Å². The minimum absolute atomic E-state index is 0.0596. The fourth-order valence-electron chi connectivity index (χ4n) is 4.65. The van der Waals surface area contributed by atoms with Crippen LogP contribution < -0.4 is 38.1 Å². The van der Waals surface area contributed by atoms with Gasteiger partial charge in [0.05, 0.1) is 12.1 Å². The van der Waals surface area contributed by atoms with Crippen molar-refractivity contribution >= 4 is 35.5 Å². The summed E-state index contributed by atoms with van der Waals surface area (Å²) < 4.78 is 0. The lowest BCUT2D eigenvalue weighted by Crippen LogP contribution is -2.59. The van der Waals surface area contributed by atoms with E-state index in [0.717, 1.165) is 0 Å². The van der Waals surface area contributed by atoms with Gasteiger partial charge in [-0.1, -0.05) is 41.5 Å². The molecule has 7 atom stereocenters. The Morgan fingerprint density at radius 2 is 1.02 bits per heavy atom. The monoisotopic (exact) mass is 657 g/mol. The minimum Gasteiger partial charge on any atom is -0.480 e. The molecule has 0 bridgehead atoms. The number of carboxylic acids is 1. The van der Waals surface area contributed by atoms with Crippen molar-refractivity contribution < 1.29 is 39.0 Å². The van der Waals surface area contributed by atoms with E-state index in [-0.39, 0.29) is 37.0 Å². The number of nitrogens with two attached hydrogens (primary N) is 2. The number of hydrogen-bond acceptors (Lipinski definition) is 9. The van der Waals surface area contributed by atoms with Crippen LogP contribution in [0.5, 0.6) is 0 Å². The largest absolute Gasteiger partial charge is 0.480 e. The fourth-order valence-corrected chi connectivity index (χ4v) is 4.65. The Morgan fingerprint density at radius 1 is 0.587 bits per heavy atom. The molecule has 11 N–H and O–H groups in total. The van der Waals surface area contributed by atoms with Crippen LogP contribution >= 0.6 is 0 Å². The standard InChI is InChI=1S/C31H59N7O8/c1-16(2)13-21(33)27(41)34-19(7)26(40)35-22(11-9-10-12-32)28(42)36-23(14-17(3)4)29(43)37-24(15-18(5)6)30(44)38-25(20(8)39)31(45)46/h16-25,39H,9-15,32-33H2,1-8H3,(H,34,41)(H,35,40)(H,36,42)(H,37,43)(H,38,44)(H,45,46)/t19-,20+,21-,22-,23-,24-,25-/m0/s1. The van der Waals surface area contributed by atoms with Crippen LogP contribution in [0.3, 0.4) is 0 Å². The maximum Gasteiger partial charge on any atom is 0.328 e. The molecule has 0 saturated heterocycles. The van der Waals surface area contributed by atoms with Crippen LogP contribution in [0, 0.1) is 17.8 Å². The third-order valence-electron chi connectivity index (χ3n) is 7.12. The molecule has 0 aromatic rings. The van der Waals surface area contributed by atoms with Crippen molar-refractivity contribution in [3.8, 4) is 0 Å². The van der Waals surface area contributed by atoms with Crippen molar-refractivity contribution in [2.45, 2.75) is 136 Å². The van der Waals surface area contributed by atoms with Gasteiger partial charge in [0, 0.05) is 0 Å². The average molecular weight is 658 g/mol. The molecule has 0 unspecified atom stereocenters. The smallest absolute Gasteiger partial charge is 0.328 e.